The quantitative estimate of drug-likeness (QED) is 0.905. The number of nitrogens with two attached hydrogens (primary N) is 1. The van der Waals surface area contributed by atoms with E-state index in [2.05, 4.69) is 11.0 Å². The lowest BCUT2D eigenvalue weighted by Gasteiger charge is -2.35. The molecule has 1 atom stereocenters. The summed E-state index contributed by atoms with van der Waals surface area (Å²) in [7, 11) is 0. The predicted octanol–water partition coefficient (Wildman–Crippen LogP) is 2.40. The van der Waals surface area contributed by atoms with Crippen LogP contribution in [0.2, 0.25) is 0 Å². The highest BCUT2D eigenvalue weighted by Gasteiger charge is 2.22. The summed E-state index contributed by atoms with van der Waals surface area (Å²) >= 11 is 0. The van der Waals surface area contributed by atoms with Crippen molar-refractivity contribution >= 4 is 0 Å². The van der Waals surface area contributed by atoms with Gasteiger partial charge in [-0.2, -0.15) is 5.26 Å². The van der Waals surface area contributed by atoms with Gasteiger partial charge in [0.05, 0.1) is 11.6 Å². The van der Waals surface area contributed by atoms with E-state index >= 15 is 0 Å². The van der Waals surface area contributed by atoms with E-state index in [1.807, 2.05) is 0 Å². The third kappa shape index (κ3) is 3.52. The molecule has 4 heteroatoms. The number of halogens is 1. The molecule has 0 amide bonds. The Kier molecular flexibility index (Phi) is 4.89. The first-order valence-electron chi connectivity index (χ1n) is 6.87. The van der Waals surface area contributed by atoms with Gasteiger partial charge in [0.1, 0.15) is 5.82 Å². The van der Waals surface area contributed by atoms with E-state index in [4.69, 9.17) is 11.0 Å². The highest BCUT2D eigenvalue weighted by atomic mass is 19.1. The van der Waals surface area contributed by atoms with Crippen molar-refractivity contribution in [1.29, 1.82) is 5.26 Å². The average Bonchev–Trinajstić information content (AvgIpc) is 2.42. The Morgan fingerprint density at radius 3 is 3.00 bits per heavy atom. The lowest BCUT2D eigenvalue weighted by molar-refractivity contribution is 0.134. The number of rotatable bonds is 4. The van der Waals surface area contributed by atoms with Crippen LogP contribution in [0, 0.1) is 17.1 Å². The van der Waals surface area contributed by atoms with Crippen LogP contribution in [0.25, 0.3) is 0 Å². The van der Waals surface area contributed by atoms with Crippen molar-refractivity contribution in [2.75, 3.05) is 13.1 Å². The van der Waals surface area contributed by atoms with Crippen LogP contribution in [0.4, 0.5) is 4.39 Å². The summed E-state index contributed by atoms with van der Waals surface area (Å²) in [6.07, 6.45) is 4.51. The minimum absolute atomic E-state index is 0.276. The van der Waals surface area contributed by atoms with Crippen molar-refractivity contribution in [3.63, 3.8) is 0 Å². The largest absolute Gasteiger partial charge is 0.330 e. The Morgan fingerprint density at radius 2 is 2.26 bits per heavy atom. The predicted molar refractivity (Wildman–Crippen MR) is 72.8 cm³/mol. The second-order valence-corrected chi connectivity index (χ2v) is 5.11. The van der Waals surface area contributed by atoms with Crippen LogP contribution in [0.5, 0.6) is 0 Å². The Balaban J connectivity index is 2.14. The molecule has 0 bridgehead atoms. The minimum Gasteiger partial charge on any atom is -0.330 e. The summed E-state index contributed by atoms with van der Waals surface area (Å²) < 4.78 is 13.3. The third-order valence-electron chi connectivity index (χ3n) is 3.81. The number of nitriles is 1. The topological polar surface area (TPSA) is 53.0 Å². The van der Waals surface area contributed by atoms with Crippen molar-refractivity contribution in [3.05, 3.63) is 35.1 Å². The van der Waals surface area contributed by atoms with Crippen molar-refractivity contribution in [2.45, 2.75) is 38.3 Å². The van der Waals surface area contributed by atoms with Crippen LogP contribution in [0.1, 0.15) is 36.8 Å². The molecule has 19 heavy (non-hydrogen) atoms. The molecular weight excluding hydrogens is 241 g/mol. The molecule has 102 valence electrons. The van der Waals surface area contributed by atoms with Crippen molar-refractivity contribution in [1.82, 2.24) is 4.90 Å². The van der Waals surface area contributed by atoms with E-state index in [0.717, 1.165) is 31.4 Å². The van der Waals surface area contributed by atoms with E-state index in [1.54, 1.807) is 6.07 Å². The molecule has 1 saturated heterocycles. The van der Waals surface area contributed by atoms with Crippen molar-refractivity contribution in [3.8, 4) is 6.07 Å². The van der Waals surface area contributed by atoms with Gasteiger partial charge in [-0.25, -0.2) is 4.39 Å². The van der Waals surface area contributed by atoms with Crippen molar-refractivity contribution in [2.24, 2.45) is 5.73 Å². The molecule has 0 radical (unpaired) electrons. The summed E-state index contributed by atoms with van der Waals surface area (Å²) in [5.74, 6) is -0.276. The first kappa shape index (κ1) is 14.0. The fourth-order valence-electron chi connectivity index (χ4n) is 2.81. The zero-order chi connectivity index (χ0) is 13.7. The van der Waals surface area contributed by atoms with Crippen LogP contribution in [-0.2, 0) is 6.54 Å². The molecule has 2 N–H and O–H groups in total. The lowest BCUT2D eigenvalue weighted by atomic mass is 9.97. The SMILES string of the molecule is N#Cc1ccc(F)cc1CN1CCCCC1CCN. The normalized spacial score (nSPS) is 20.2. The molecule has 1 aromatic carbocycles. The number of hydrogen-bond donors (Lipinski definition) is 1. The lowest BCUT2D eigenvalue weighted by Crippen LogP contribution is -2.40. The molecule has 0 aliphatic carbocycles. The Hall–Kier alpha value is -1.44. The Bertz CT molecular complexity index is 465. The number of hydrogen-bond acceptors (Lipinski definition) is 3. The molecule has 1 unspecified atom stereocenters. The first-order valence-corrected chi connectivity index (χ1v) is 6.87. The zero-order valence-electron chi connectivity index (χ0n) is 11.1. The Morgan fingerprint density at radius 1 is 1.42 bits per heavy atom. The van der Waals surface area contributed by atoms with E-state index in [1.165, 1.54) is 18.6 Å². The molecule has 1 aliphatic rings. The summed E-state index contributed by atoms with van der Waals surface area (Å²) in [6, 6.07) is 6.99. The number of piperidine rings is 1. The fraction of sp³-hybridized carbons (Fsp3) is 0.533. The van der Waals surface area contributed by atoms with Gasteiger partial charge < -0.3 is 5.73 Å². The maximum atomic E-state index is 13.3. The maximum Gasteiger partial charge on any atom is 0.123 e. The summed E-state index contributed by atoms with van der Waals surface area (Å²) in [4.78, 5) is 2.34. The van der Waals surface area contributed by atoms with Gasteiger partial charge in [-0.05, 0) is 56.1 Å². The second kappa shape index (κ2) is 6.65. The van der Waals surface area contributed by atoms with Gasteiger partial charge >= 0.3 is 0 Å². The molecule has 1 fully saturated rings. The third-order valence-corrected chi connectivity index (χ3v) is 3.81. The summed E-state index contributed by atoms with van der Waals surface area (Å²) in [5, 5.41) is 9.10. The van der Waals surface area contributed by atoms with E-state index < -0.39 is 0 Å². The first-order chi connectivity index (χ1) is 9.24. The van der Waals surface area contributed by atoms with Crippen LogP contribution in [-0.4, -0.2) is 24.0 Å². The molecule has 1 aliphatic heterocycles. The van der Waals surface area contributed by atoms with Gasteiger partial charge in [0.15, 0.2) is 0 Å². The molecule has 2 rings (SSSR count). The smallest absolute Gasteiger partial charge is 0.123 e. The van der Waals surface area contributed by atoms with Gasteiger partial charge in [0.2, 0.25) is 0 Å². The monoisotopic (exact) mass is 261 g/mol. The Labute approximate surface area is 113 Å². The standard InChI is InChI=1S/C15H20FN3/c16-14-5-4-12(10-18)13(9-14)11-19-8-2-1-3-15(19)6-7-17/h4-5,9,15H,1-3,6-8,11,17H2. The highest BCUT2D eigenvalue weighted by molar-refractivity contribution is 5.37. The van der Waals surface area contributed by atoms with Gasteiger partial charge in [-0.1, -0.05) is 6.42 Å². The van der Waals surface area contributed by atoms with Crippen molar-refractivity contribution < 1.29 is 4.39 Å². The summed E-state index contributed by atoms with van der Waals surface area (Å²) in [6.45, 7) is 2.33. The van der Waals surface area contributed by atoms with E-state index in [-0.39, 0.29) is 5.82 Å². The number of nitrogens with zero attached hydrogens (tertiary/aromatic N) is 2. The number of benzene rings is 1. The van der Waals surface area contributed by atoms with E-state index in [9.17, 15) is 4.39 Å². The van der Waals surface area contributed by atoms with Gasteiger partial charge in [0.25, 0.3) is 0 Å². The van der Waals surface area contributed by atoms with Crippen LogP contribution in [0.15, 0.2) is 18.2 Å². The van der Waals surface area contributed by atoms with Crippen LogP contribution >= 0.6 is 0 Å². The van der Waals surface area contributed by atoms with Gasteiger partial charge in [-0.3, -0.25) is 4.90 Å². The summed E-state index contributed by atoms with van der Waals surface area (Å²) in [5.41, 5.74) is 7.01. The molecule has 1 aromatic rings. The number of likely N-dealkylation sites (tertiary alicyclic amines) is 1. The molecular formula is C15H20FN3. The van der Waals surface area contributed by atoms with Gasteiger partial charge in [-0.15, -0.1) is 0 Å². The molecule has 3 nitrogen and oxygen atoms in total. The maximum absolute atomic E-state index is 13.3. The zero-order valence-corrected chi connectivity index (χ0v) is 11.1. The fourth-order valence-corrected chi connectivity index (χ4v) is 2.81. The van der Waals surface area contributed by atoms with E-state index in [0.29, 0.717) is 24.7 Å². The molecule has 0 spiro atoms. The van der Waals surface area contributed by atoms with Crippen LogP contribution in [0.3, 0.4) is 0 Å². The molecule has 0 saturated carbocycles. The average molecular weight is 261 g/mol. The molecule has 0 aromatic heterocycles. The highest BCUT2D eigenvalue weighted by Crippen LogP contribution is 2.23. The molecule has 1 heterocycles. The van der Waals surface area contributed by atoms with Crippen LogP contribution < -0.4 is 5.73 Å². The van der Waals surface area contributed by atoms with Gasteiger partial charge in [0, 0.05) is 12.6 Å². The minimum atomic E-state index is -0.276. The second-order valence-electron chi connectivity index (χ2n) is 5.11.